The Kier molecular flexibility index (Phi) is 26.0. The number of hydrogen-bond acceptors (Lipinski definition) is 20. The molecule has 32 nitrogen and oxygen atoms in total. The maximum Gasteiger partial charge on any atom is 0.250 e. The van der Waals surface area contributed by atoms with Gasteiger partial charge < -0.3 is 103 Å². The number of piperidine rings is 2. The topological polar surface area (TPSA) is 442 Å². The van der Waals surface area contributed by atoms with Crippen LogP contribution in [-0.2, 0) is 68.7 Å². The molecule has 0 aliphatic carbocycles. The summed E-state index contributed by atoms with van der Waals surface area (Å²) >= 11 is 0. The number of hydrogen-bond donors (Lipinski definition) is 14. The summed E-state index contributed by atoms with van der Waals surface area (Å²) in [7, 11) is 2.94. The number of carbonyl (C=O) groups excluding carboxylic acids is 12. The molecule has 109 heavy (non-hydrogen) atoms. The molecule has 0 saturated carbocycles. The second-order valence-corrected chi connectivity index (χ2v) is 33.5. The van der Waals surface area contributed by atoms with Gasteiger partial charge in [-0.3, -0.25) is 57.5 Å². The van der Waals surface area contributed by atoms with Crippen molar-refractivity contribution >= 4 is 82.3 Å². The molecular formula is C77H116N14O18. The maximum absolute atomic E-state index is 14.7. The minimum absolute atomic E-state index is 0.0195. The van der Waals surface area contributed by atoms with E-state index >= 15 is 0 Å². The van der Waals surface area contributed by atoms with Crippen LogP contribution < -0.4 is 42.5 Å². The van der Waals surface area contributed by atoms with Gasteiger partial charge in [-0.2, -0.15) is 0 Å². The minimum atomic E-state index is -1.77. The lowest BCUT2D eigenvalue weighted by molar-refractivity contribution is -0.155. The molecule has 8 aliphatic heterocycles. The molecule has 6 saturated heterocycles. The first kappa shape index (κ1) is 84.5. The molecule has 0 bridgehead atoms. The van der Waals surface area contributed by atoms with Gasteiger partial charge in [0.15, 0.2) is 0 Å². The Hall–Kier alpha value is -8.56. The summed E-state index contributed by atoms with van der Waals surface area (Å²) in [4.78, 5) is 180. The monoisotopic (exact) mass is 1520 g/mol. The largest absolute Gasteiger partial charge is 0.393 e. The number of likely N-dealkylation sites (N-methyl/N-ethyl adjacent to an activating group) is 2. The first-order valence-electron chi connectivity index (χ1n) is 38.5. The number of fused-ring (bicyclic) bond motifs is 12. The number of nitrogens with zero attached hydrogens (tertiary/aromatic N) is 6. The highest BCUT2D eigenvalue weighted by atomic mass is 16.3. The standard InChI is InChI=1S/C39H59N7O9.C38H57N7O9/c1-18(2)14-26-32(49)43-30(22(8)47)36(53)46-28(17-39(55)24-15-21(7)10-11-25(24)41-38(39)46)34(51)42-29(19(3)4)35(52)44(9)31(20(5)6)37(54)45-13-12-23(48)16-27(45)33(50)40-26;1-18(2)15-25-31(48)42-29(21(7)46)35(52)45-27(17-38(54)23-11-9-10-12-24(23)40-37(38)45)33(50)41-28(19(3)4)34(51)43(8)30(20(5)6)36(53)44-14-13-22(47)16-26(44)32(49)39-25/h10-11,15,18-20,22-23,26-31,38,41,47-48,55H,12-14,16-17H2,1-9H3,(H,40,50)(H,42,51)(H,43,49);9-12,18-22,25-30,37,40,46-47,54H,13-17H2,1-8H3,(H,39,49)(H,41,50)(H,42,48)/t22-,23-,26-,27+,28-,29+,30+,31-,38-,39+;21-,22-,25-,26+,27-,28+,29+,30-,37-,38+/m00/s1. The highest BCUT2D eigenvalue weighted by Gasteiger charge is 2.64. The van der Waals surface area contributed by atoms with Crippen LogP contribution in [0.4, 0.5) is 11.4 Å². The van der Waals surface area contributed by atoms with Crippen LogP contribution in [0.25, 0.3) is 0 Å². The number of anilines is 2. The van der Waals surface area contributed by atoms with Gasteiger partial charge in [0.25, 0.3) is 0 Å². The number of para-hydroxylation sites is 1. The van der Waals surface area contributed by atoms with E-state index in [1.54, 1.807) is 91.8 Å². The predicted molar refractivity (Wildman–Crippen MR) is 399 cm³/mol. The van der Waals surface area contributed by atoms with Crippen LogP contribution in [-0.4, -0.2) is 267 Å². The highest BCUT2D eigenvalue weighted by Crippen LogP contribution is 2.51. The molecule has 12 amide bonds. The summed E-state index contributed by atoms with van der Waals surface area (Å²) in [5, 5.41) is 90.6. The van der Waals surface area contributed by atoms with Gasteiger partial charge in [-0.25, -0.2) is 0 Å². The second-order valence-electron chi connectivity index (χ2n) is 33.5. The van der Waals surface area contributed by atoms with E-state index in [-0.39, 0.29) is 76.3 Å². The quantitative estimate of drug-likeness (QED) is 0.143. The molecule has 0 unspecified atom stereocenters. The van der Waals surface area contributed by atoms with E-state index in [1.807, 2.05) is 40.7 Å². The summed E-state index contributed by atoms with van der Waals surface area (Å²) in [5.41, 5.74) is -0.683. The summed E-state index contributed by atoms with van der Waals surface area (Å²) < 4.78 is 0. The van der Waals surface area contributed by atoms with E-state index in [0.29, 0.717) is 22.5 Å². The number of aliphatic hydroxyl groups is 6. The lowest BCUT2D eigenvalue weighted by Gasteiger charge is -2.42. The van der Waals surface area contributed by atoms with Crippen molar-refractivity contribution in [3.63, 3.8) is 0 Å². The zero-order valence-electron chi connectivity index (χ0n) is 65.7. The van der Waals surface area contributed by atoms with Crippen LogP contribution in [0.2, 0.25) is 0 Å². The Labute approximate surface area is 637 Å². The van der Waals surface area contributed by atoms with Gasteiger partial charge in [-0.05, 0) is 94.1 Å². The molecule has 6 fully saturated rings. The number of aliphatic hydroxyl groups excluding tert-OH is 4. The third-order valence-electron chi connectivity index (χ3n) is 22.7. The fourth-order valence-corrected chi connectivity index (χ4v) is 17.0. The van der Waals surface area contributed by atoms with Gasteiger partial charge in [-0.15, -0.1) is 0 Å². The molecule has 8 aliphatic rings. The van der Waals surface area contributed by atoms with Crippen molar-refractivity contribution in [2.45, 2.75) is 276 Å². The molecular weight excluding hydrogens is 1410 g/mol. The van der Waals surface area contributed by atoms with Crippen molar-refractivity contribution in [2.75, 3.05) is 37.8 Å². The number of benzene rings is 2. The lowest BCUT2D eigenvalue weighted by Crippen LogP contribution is -2.65. The Morgan fingerprint density at radius 2 is 0.780 bits per heavy atom. The van der Waals surface area contributed by atoms with E-state index in [0.717, 1.165) is 15.4 Å². The van der Waals surface area contributed by atoms with Gasteiger partial charge >= 0.3 is 0 Å². The number of rotatable bonds is 10. The zero-order chi connectivity index (χ0) is 80.8. The third kappa shape index (κ3) is 17.0. The predicted octanol–water partition coefficient (Wildman–Crippen LogP) is -0.467. The summed E-state index contributed by atoms with van der Waals surface area (Å²) in [6, 6.07) is -3.01. The van der Waals surface area contributed by atoms with E-state index in [4.69, 9.17) is 0 Å². The Morgan fingerprint density at radius 1 is 0.422 bits per heavy atom. The van der Waals surface area contributed by atoms with Crippen molar-refractivity contribution < 1.29 is 88.2 Å². The number of aryl methyl sites for hydroxylation is 1. The normalized spacial score (nSPS) is 33.1. The molecule has 20 atom stereocenters. The van der Waals surface area contributed by atoms with Crippen LogP contribution in [0.15, 0.2) is 42.5 Å². The molecule has 14 N–H and O–H groups in total. The molecule has 0 radical (unpaired) electrons. The van der Waals surface area contributed by atoms with Crippen LogP contribution >= 0.6 is 0 Å². The molecule has 602 valence electrons. The molecule has 0 spiro atoms. The van der Waals surface area contributed by atoms with Gasteiger partial charge in [0.1, 0.15) is 96.0 Å². The molecule has 32 heteroatoms. The SMILES string of the molecule is CC(C)C[C@@H]1NC(=O)[C@H]2C[C@@H](O)CCN2C(=O)[C@H](C(C)C)N(C)C(=O)[C@@H](C(C)C)NC(=O)[C@@H]2C[C@@]3(O)c4ccccc4N[C@H]3N2C(=O)[C@@H]([C@H](C)O)NC1=O.Cc1ccc2c(c1)[C@]1(O)C[C@H]3C(=O)N[C@H](C(C)C)C(=O)N(C)[C@@H](C(C)C)C(=O)N4CC[C@H](O)C[C@@H]4C(=O)N[C@@H](CC(C)C)C(=O)N[C@H]([C@H](C)O)C(=O)N3[C@@H]1N2. The Bertz CT molecular complexity index is 3800. The molecule has 2 aromatic rings. The van der Waals surface area contributed by atoms with Crippen LogP contribution in [0.3, 0.4) is 0 Å². The molecule has 0 aromatic heterocycles. The van der Waals surface area contributed by atoms with E-state index < -0.39 is 215 Å². The van der Waals surface area contributed by atoms with Crippen LogP contribution in [0.5, 0.6) is 0 Å². The third-order valence-corrected chi connectivity index (χ3v) is 22.7. The Balaban J connectivity index is 0.000000251. The van der Waals surface area contributed by atoms with E-state index in [1.165, 1.54) is 47.5 Å². The molecule has 2 aromatic carbocycles. The molecule has 10 rings (SSSR count). The lowest BCUT2D eigenvalue weighted by atomic mass is 9.90. The van der Waals surface area contributed by atoms with Gasteiger partial charge in [-0.1, -0.05) is 119 Å². The first-order valence-corrected chi connectivity index (χ1v) is 38.5. The van der Waals surface area contributed by atoms with Crippen molar-refractivity contribution in [1.82, 2.24) is 61.3 Å². The van der Waals surface area contributed by atoms with Crippen LogP contribution in [0.1, 0.15) is 165 Å². The molecule has 8 heterocycles. The highest BCUT2D eigenvalue weighted by molar-refractivity contribution is 6.02. The summed E-state index contributed by atoms with van der Waals surface area (Å²) in [6.45, 7) is 25.8. The minimum Gasteiger partial charge on any atom is -0.393 e. The zero-order valence-corrected chi connectivity index (χ0v) is 65.7. The first-order chi connectivity index (χ1) is 50.9. The second kappa shape index (κ2) is 33.6. The fraction of sp³-hybridized carbons (Fsp3) is 0.688. The van der Waals surface area contributed by atoms with Crippen molar-refractivity contribution in [3.05, 3.63) is 59.2 Å². The average molecular weight is 1530 g/mol. The fourth-order valence-electron chi connectivity index (χ4n) is 17.0. The average Bonchev–Trinajstić information content (AvgIpc) is 1.55. The number of nitrogens with one attached hydrogen (secondary N) is 8. The summed E-state index contributed by atoms with van der Waals surface area (Å²) in [6.07, 6.45) is -7.28. The van der Waals surface area contributed by atoms with E-state index in [2.05, 4.69) is 42.5 Å². The smallest absolute Gasteiger partial charge is 0.250 e. The van der Waals surface area contributed by atoms with Gasteiger partial charge in [0.05, 0.1) is 24.4 Å². The summed E-state index contributed by atoms with van der Waals surface area (Å²) in [5.74, 6) is -10.5. The van der Waals surface area contributed by atoms with Crippen molar-refractivity contribution in [2.24, 2.45) is 35.5 Å². The Morgan fingerprint density at radius 3 is 1.15 bits per heavy atom. The maximum atomic E-state index is 14.7. The number of carbonyl (C=O) groups is 12. The van der Waals surface area contributed by atoms with E-state index in [9.17, 15) is 88.2 Å². The van der Waals surface area contributed by atoms with Gasteiger partial charge in [0, 0.05) is 75.4 Å². The van der Waals surface area contributed by atoms with Gasteiger partial charge in [0.2, 0.25) is 70.9 Å². The van der Waals surface area contributed by atoms with Crippen molar-refractivity contribution in [3.8, 4) is 0 Å². The van der Waals surface area contributed by atoms with Crippen molar-refractivity contribution in [1.29, 1.82) is 0 Å². The van der Waals surface area contributed by atoms with Crippen LogP contribution in [0, 0.1) is 42.4 Å². The number of amides is 12.